The Morgan fingerprint density at radius 2 is 2.10 bits per heavy atom. The normalized spacial score (nSPS) is 12.8. The third kappa shape index (κ3) is 3.47. The summed E-state index contributed by atoms with van der Waals surface area (Å²) in [4.78, 5) is 0. The summed E-state index contributed by atoms with van der Waals surface area (Å²) >= 11 is 6.41. The van der Waals surface area contributed by atoms with Crippen LogP contribution in [-0.2, 0) is 13.6 Å². The van der Waals surface area contributed by atoms with E-state index in [2.05, 4.69) is 35.6 Å². The highest BCUT2D eigenvalue weighted by molar-refractivity contribution is 6.31. The Morgan fingerprint density at radius 3 is 2.67 bits per heavy atom. The van der Waals surface area contributed by atoms with Crippen LogP contribution in [0.4, 0.5) is 0 Å². The fraction of sp³-hybridized carbons (Fsp3) is 0.600. The molecule has 1 unspecified atom stereocenters. The van der Waals surface area contributed by atoms with Crippen molar-refractivity contribution in [3.05, 3.63) is 34.4 Å². The molecule has 0 bridgehead atoms. The van der Waals surface area contributed by atoms with Crippen LogP contribution in [0, 0.1) is 6.92 Å². The van der Waals surface area contributed by atoms with Gasteiger partial charge >= 0.3 is 0 Å². The lowest BCUT2D eigenvalue weighted by Gasteiger charge is -2.20. The van der Waals surface area contributed by atoms with Gasteiger partial charge in [-0.3, -0.25) is 9.36 Å². The van der Waals surface area contributed by atoms with Crippen molar-refractivity contribution >= 4 is 11.6 Å². The fourth-order valence-corrected chi connectivity index (χ4v) is 2.84. The van der Waals surface area contributed by atoms with E-state index in [1.807, 2.05) is 23.3 Å². The van der Waals surface area contributed by atoms with Gasteiger partial charge in [0.1, 0.15) is 0 Å². The van der Waals surface area contributed by atoms with Gasteiger partial charge in [-0.1, -0.05) is 25.4 Å². The summed E-state index contributed by atoms with van der Waals surface area (Å²) in [6, 6.07) is 0.0280. The lowest BCUT2D eigenvalue weighted by molar-refractivity contribution is 0.510. The first kappa shape index (κ1) is 16.0. The Bertz CT molecular complexity index is 587. The maximum atomic E-state index is 6.41. The molecule has 0 saturated carbocycles. The van der Waals surface area contributed by atoms with Gasteiger partial charge in [-0.2, -0.15) is 10.2 Å². The lowest BCUT2D eigenvalue weighted by atomic mass is 10.0. The van der Waals surface area contributed by atoms with Crippen molar-refractivity contribution in [3.8, 4) is 0 Å². The Hall–Kier alpha value is -1.33. The van der Waals surface area contributed by atoms with E-state index in [-0.39, 0.29) is 6.04 Å². The van der Waals surface area contributed by atoms with Crippen LogP contribution in [0.3, 0.4) is 0 Å². The molecular weight excluding hydrogens is 286 g/mol. The molecule has 116 valence electrons. The average molecular weight is 310 g/mol. The van der Waals surface area contributed by atoms with Gasteiger partial charge in [-0.15, -0.1) is 0 Å². The Labute approximate surface area is 131 Å². The number of nitrogens with one attached hydrogen (secondary N) is 1. The smallest absolute Gasteiger partial charge is 0.0837 e. The molecular formula is C15H24ClN5. The zero-order valence-electron chi connectivity index (χ0n) is 13.2. The predicted molar refractivity (Wildman–Crippen MR) is 85.6 cm³/mol. The van der Waals surface area contributed by atoms with Crippen molar-refractivity contribution in [2.24, 2.45) is 7.05 Å². The maximum absolute atomic E-state index is 6.41. The highest BCUT2D eigenvalue weighted by Crippen LogP contribution is 2.30. The molecule has 0 aromatic carbocycles. The van der Waals surface area contributed by atoms with Crippen LogP contribution in [0.1, 0.15) is 49.7 Å². The van der Waals surface area contributed by atoms with E-state index >= 15 is 0 Å². The largest absolute Gasteiger partial charge is 0.305 e. The minimum atomic E-state index is 0.0280. The van der Waals surface area contributed by atoms with E-state index in [0.29, 0.717) is 5.02 Å². The van der Waals surface area contributed by atoms with Gasteiger partial charge in [0.05, 0.1) is 28.6 Å². The number of halogens is 1. The molecule has 2 rings (SSSR count). The number of aryl methyl sites for hydroxylation is 3. The second-order valence-corrected chi connectivity index (χ2v) is 5.74. The predicted octanol–water partition coefficient (Wildman–Crippen LogP) is 3.08. The molecule has 2 aromatic rings. The van der Waals surface area contributed by atoms with Gasteiger partial charge in [-0.05, 0) is 26.3 Å². The van der Waals surface area contributed by atoms with Gasteiger partial charge in [0.25, 0.3) is 0 Å². The van der Waals surface area contributed by atoms with Crippen LogP contribution in [0.2, 0.25) is 5.02 Å². The summed E-state index contributed by atoms with van der Waals surface area (Å²) in [6.45, 7) is 8.12. The number of hydrogen-bond acceptors (Lipinski definition) is 3. The summed E-state index contributed by atoms with van der Waals surface area (Å²) in [5.74, 6) is 0. The van der Waals surface area contributed by atoms with Crippen molar-refractivity contribution < 1.29 is 0 Å². The van der Waals surface area contributed by atoms with E-state index in [4.69, 9.17) is 11.6 Å². The number of rotatable bonds is 7. The molecule has 6 heteroatoms. The maximum Gasteiger partial charge on any atom is 0.0837 e. The van der Waals surface area contributed by atoms with Crippen LogP contribution in [-0.4, -0.2) is 26.1 Å². The van der Waals surface area contributed by atoms with Crippen molar-refractivity contribution in [1.82, 2.24) is 24.9 Å². The molecule has 0 aliphatic heterocycles. The highest BCUT2D eigenvalue weighted by atomic mass is 35.5. The van der Waals surface area contributed by atoms with Crippen molar-refractivity contribution in [2.75, 3.05) is 6.54 Å². The molecule has 0 saturated heterocycles. The molecule has 2 heterocycles. The quantitative estimate of drug-likeness (QED) is 0.855. The first-order valence-corrected chi connectivity index (χ1v) is 7.91. The Balaban J connectivity index is 2.45. The van der Waals surface area contributed by atoms with E-state index in [9.17, 15) is 0 Å². The van der Waals surface area contributed by atoms with Gasteiger partial charge in [0.2, 0.25) is 0 Å². The van der Waals surface area contributed by atoms with Crippen LogP contribution in [0.5, 0.6) is 0 Å². The van der Waals surface area contributed by atoms with Crippen molar-refractivity contribution in [3.63, 3.8) is 0 Å². The zero-order chi connectivity index (χ0) is 15.4. The Morgan fingerprint density at radius 1 is 1.33 bits per heavy atom. The van der Waals surface area contributed by atoms with Crippen LogP contribution < -0.4 is 5.32 Å². The molecule has 0 radical (unpaired) electrons. The highest BCUT2D eigenvalue weighted by Gasteiger charge is 2.24. The molecule has 0 aliphatic rings. The molecule has 21 heavy (non-hydrogen) atoms. The average Bonchev–Trinajstić information content (AvgIpc) is 2.96. The SMILES string of the molecule is CCCNC(c1cn(C)nc1C)c1c(Cl)cnn1CCC. The molecule has 1 N–H and O–H groups in total. The third-order valence-electron chi connectivity index (χ3n) is 3.50. The summed E-state index contributed by atoms with van der Waals surface area (Å²) in [5, 5.41) is 13.2. The van der Waals surface area contributed by atoms with Crippen LogP contribution >= 0.6 is 11.6 Å². The summed E-state index contributed by atoms with van der Waals surface area (Å²) in [7, 11) is 1.94. The minimum absolute atomic E-state index is 0.0280. The van der Waals surface area contributed by atoms with E-state index < -0.39 is 0 Å². The van der Waals surface area contributed by atoms with Gasteiger partial charge in [0, 0.05) is 25.4 Å². The second-order valence-electron chi connectivity index (χ2n) is 5.33. The molecule has 0 aliphatic carbocycles. The monoisotopic (exact) mass is 309 g/mol. The minimum Gasteiger partial charge on any atom is -0.305 e. The molecule has 0 amide bonds. The van der Waals surface area contributed by atoms with Gasteiger partial charge in [-0.25, -0.2) is 0 Å². The first-order chi connectivity index (χ1) is 10.1. The van der Waals surface area contributed by atoms with Gasteiger partial charge < -0.3 is 5.32 Å². The fourth-order valence-electron chi connectivity index (χ4n) is 2.59. The molecule has 1 atom stereocenters. The number of hydrogen-bond donors (Lipinski definition) is 1. The van der Waals surface area contributed by atoms with Gasteiger partial charge in [0.15, 0.2) is 0 Å². The number of nitrogens with zero attached hydrogens (tertiary/aromatic N) is 4. The molecule has 5 nitrogen and oxygen atoms in total. The van der Waals surface area contributed by atoms with Crippen LogP contribution in [0.25, 0.3) is 0 Å². The lowest BCUT2D eigenvalue weighted by Crippen LogP contribution is -2.26. The second kappa shape index (κ2) is 7.09. The zero-order valence-corrected chi connectivity index (χ0v) is 14.0. The number of aromatic nitrogens is 4. The summed E-state index contributed by atoms with van der Waals surface area (Å²) < 4.78 is 3.85. The van der Waals surface area contributed by atoms with Crippen molar-refractivity contribution in [1.29, 1.82) is 0 Å². The topological polar surface area (TPSA) is 47.7 Å². The molecule has 0 fully saturated rings. The molecule has 0 spiro atoms. The first-order valence-electron chi connectivity index (χ1n) is 7.53. The standard InChI is InChI=1S/C15H24ClN5/c1-5-7-17-14(12-10-20(4)19-11(12)3)15-13(16)9-18-21(15)8-6-2/h9-10,14,17H,5-8H2,1-4H3. The summed E-state index contributed by atoms with van der Waals surface area (Å²) in [6.07, 6.45) is 5.88. The summed E-state index contributed by atoms with van der Waals surface area (Å²) in [5.41, 5.74) is 3.21. The van der Waals surface area contributed by atoms with Crippen molar-refractivity contribution in [2.45, 2.75) is 46.2 Å². The van der Waals surface area contributed by atoms with E-state index in [0.717, 1.165) is 42.9 Å². The van der Waals surface area contributed by atoms with E-state index in [1.165, 1.54) is 0 Å². The van der Waals surface area contributed by atoms with Crippen LogP contribution in [0.15, 0.2) is 12.4 Å². The Kier molecular flexibility index (Phi) is 5.42. The third-order valence-corrected chi connectivity index (χ3v) is 3.79. The molecule has 2 aromatic heterocycles. The van der Waals surface area contributed by atoms with E-state index in [1.54, 1.807) is 6.20 Å².